The van der Waals surface area contributed by atoms with Gasteiger partial charge in [-0.15, -0.1) is 11.3 Å². The quantitative estimate of drug-likeness (QED) is 0.169. The van der Waals surface area contributed by atoms with Gasteiger partial charge in [-0.3, -0.25) is 0 Å². The topological polar surface area (TPSA) is 77.6 Å². The lowest BCUT2D eigenvalue weighted by Crippen LogP contribution is -2.00. The van der Waals surface area contributed by atoms with Crippen molar-refractivity contribution in [3.63, 3.8) is 0 Å². The Balaban J connectivity index is 1.13. The Hall–Kier alpha value is -7.35. The number of rotatable bonds is 6. The van der Waals surface area contributed by atoms with E-state index >= 15 is 0 Å². The van der Waals surface area contributed by atoms with E-state index in [9.17, 15) is 0 Å². The Bertz CT molecular complexity index is 3250. The van der Waals surface area contributed by atoms with Crippen LogP contribution >= 0.6 is 11.3 Å². The largest absolute Gasteiger partial charge is 0.455 e. The van der Waals surface area contributed by atoms with Gasteiger partial charge < -0.3 is 4.42 Å². The van der Waals surface area contributed by atoms with Crippen molar-refractivity contribution >= 4 is 53.6 Å². The van der Waals surface area contributed by atoms with Crippen LogP contribution in [0.1, 0.15) is 0 Å². The fourth-order valence-corrected chi connectivity index (χ4v) is 8.67. The summed E-state index contributed by atoms with van der Waals surface area (Å²) in [4.78, 5) is 25.7. The van der Waals surface area contributed by atoms with Crippen LogP contribution < -0.4 is 0 Å². The van der Waals surface area contributed by atoms with E-state index in [-0.39, 0.29) is 0 Å². The van der Waals surface area contributed by atoms with Gasteiger partial charge in [0.25, 0.3) is 0 Å². The lowest BCUT2D eigenvalue weighted by molar-refractivity contribution is 0.670. The van der Waals surface area contributed by atoms with Crippen LogP contribution in [0.5, 0.6) is 0 Å². The van der Waals surface area contributed by atoms with Gasteiger partial charge in [0, 0.05) is 48.7 Å². The maximum atomic E-state index is 6.84. The number of fused-ring (bicyclic) bond motifs is 6. The van der Waals surface area contributed by atoms with E-state index in [0.29, 0.717) is 23.3 Å². The van der Waals surface area contributed by atoms with E-state index in [2.05, 4.69) is 109 Å². The molecular formula is C49H29N5OS. The molecular weight excluding hydrogens is 707 g/mol. The minimum Gasteiger partial charge on any atom is -0.455 e. The average molecular weight is 736 g/mol. The van der Waals surface area contributed by atoms with Gasteiger partial charge in [0.05, 0.1) is 15.9 Å². The van der Waals surface area contributed by atoms with Crippen molar-refractivity contribution in [2.75, 3.05) is 0 Å². The van der Waals surface area contributed by atoms with Crippen LogP contribution in [-0.2, 0) is 0 Å². The van der Waals surface area contributed by atoms with E-state index in [0.717, 1.165) is 86.9 Å². The Morgan fingerprint density at radius 2 is 0.946 bits per heavy atom. The summed E-state index contributed by atoms with van der Waals surface area (Å²) in [7, 11) is 0. The van der Waals surface area contributed by atoms with Gasteiger partial charge in [-0.2, -0.15) is 0 Å². The Morgan fingerprint density at radius 1 is 0.393 bits per heavy atom. The molecule has 0 unspecified atom stereocenters. The number of thiophene rings is 1. The Morgan fingerprint density at radius 3 is 1.71 bits per heavy atom. The lowest BCUT2D eigenvalue weighted by atomic mass is 10.0. The summed E-state index contributed by atoms with van der Waals surface area (Å²) in [5.41, 5.74) is 10.0. The number of benzene rings is 7. The fraction of sp³-hybridized carbons (Fsp3) is 0. The van der Waals surface area contributed by atoms with Crippen molar-refractivity contribution in [1.29, 1.82) is 0 Å². The molecule has 0 bridgehead atoms. The van der Waals surface area contributed by atoms with E-state index in [1.54, 1.807) is 11.3 Å². The molecule has 0 N–H and O–H groups in total. The van der Waals surface area contributed by atoms with Gasteiger partial charge in [-0.1, -0.05) is 152 Å². The molecule has 6 nitrogen and oxygen atoms in total. The van der Waals surface area contributed by atoms with Crippen LogP contribution in [0.3, 0.4) is 0 Å². The second-order valence-electron chi connectivity index (χ2n) is 13.6. The summed E-state index contributed by atoms with van der Waals surface area (Å²) >= 11 is 1.71. The molecule has 0 aliphatic rings. The standard InChI is InChI=1S/C49H29N5OS/c1-4-15-30(16-5-1)33-21-12-22-34(29-33)48-52-47(32-19-8-3-9-20-32)53-49(54-48)37-25-14-27-39-41(37)36-24-13-26-38(44(36)55-39)43-45-42(35-23-10-11-28-40(35)56-45)50-46(51-43)31-17-6-2-7-18-31/h1-29H. The van der Waals surface area contributed by atoms with Gasteiger partial charge in [0.15, 0.2) is 23.3 Å². The zero-order chi connectivity index (χ0) is 37.0. The average Bonchev–Trinajstić information content (AvgIpc) is 3.86. The summed E-state index contributed by atoms with van der Waals surface area (Å²) < 4.78 is 9.02. The van der Waals surface area contributed by atoms with Gasteiger partial charge in [0.2, 0.25) is 0 Å². The molecule has 56 heavy (non-hydrogen) atoms. The van der Waals surface area contributed by atoms with Crippen LogP contribution in [0.2, 0.25) is 0 Å². The van der Waals surface area contributed by atoms with Crippen molar-refractivity contribution < 1.29 is 4.42 Å². The highest BCUT2D eigenvalue weighted by molar-refractivity contribution is 7.26. The van der Waals surface area contributed by atoms with Crippen LogP contribution in [0, 0.1) is 0 Å². The van der Waals surface area contributed by atoms with Gasteiger partial charge in [0.1, 0.15) is 11.2 Å². The molecule has 0 fully saturated rings. The number of para-hydroxylation sites is 1. The summed E-state index contributed by atoms with van der Waals surface area (Å²) in [5.74, 6) is 2.44. The molecule has 0 amide bonds. The molecule has 0 spiro atoms. The summed E-state index contributed by atoms with van der Waals surface area (Å²) in [6.07, 6.45) is 0. The normalized spacial score (nSPS) is 11.6. The van der Waals surface area contributed by atoms with E-state index < -0.39 is 0 Å². The first-order valence-corrected chi connectivity index (χ1v) is 19.2. The third-order valence-corrected chi connectivity index (χ3v) is 11.3. The van der Waals surface area contributed by atoms with Crippen LogP contribution in [0.25, 0.3) is 110 Å². The molecule has 0 saturated heterocycles. The number of aromatic nitrogens is 5. The van der Waals surface area contributed by atoms with Crippen LogP contribution in [-0.4, -0.2) is 24.9 Å². The highest BCUT2D eigenvalue weighted by atomic mass is 32.1. The smallest absolute Gasteiger partial charge is 0.164 e. The zero-order valence-corrected chi connectivity index (χ0v) is 30.6. The first-order valence-electron chi connectivity index (χ1n) is 18.4. The minimum atomic E-state index is 0.568. The highest BCUT2D eigenvalue weighted by Gasteiger charge is 2.23. The first-order chi connectivity index (χ1) is 27.7. The number of nitrogens with zero attached hydrogens (tertiary/aromatic N) is 5. The maximum absolute atomic E-state index is 6.84. The molecule has 0 saturated carbocycles. The number of furan rings is 1. The molecule has 11 rings (SSSR count). The summed E-state index contributed by atoms with van der Waals surface area (Å²) in [5, 5.41) is 3.00. The predicted octanol–water partition coefficient (Wildman–Crippen LogP) is 12.9. The summed E-state index contributed by atoms with van der Waals surface area (Å²) in [6.45, 7) is 0. The van der Waals surface area contributed by atoms with Gasteiger partial charge >= 0.3 is 0 Å². The molecule has 0 aliphatic heterocycles. The van der Waals surface area contributed by atoms with E-state index in [1.165, 1.54) is 0 Å². The van der Waals surface area contributed by atoms with Crippen molar-refractivity contribution in [2.45, 2.75) is 0 Å². The van der Waals surface area contributed by atoms with Crippen molar-refractivity contribution in [2.24, 2.45) is 0 Å². The Labute approximate surface area is 325 Å². The van der Waals surface area contributed by atoms with Crippen molar-refractivity contribution in [3.05, 3.63) is 176 Å². The monoisotopic (exact) mass is 735 g/mol. The maximum Gasteiger partial charge on any atom is 0.164 e. The molecule has 262 valence electrons. The summed E-state index contributed by atoms with van der Waals surface area (Å²) in [6, 6.07) is 59.7. The molecule has 0 atom stereocenters. The second kappa shape index (κ2) is 13.2. The molecule has 7 heteroatoms. The Kier molecular flexibility index (Phi) is 7.57. The predicted molar refractivity (Wildman–Crippen MR) is 228 cm³/mol. The highest BCUT2D eigenvalue weighted by Crippen LogP contribution is 2.44. The lowest BCUT2D eigenvalue weighted by Gasteiger charge is -2.10. The first kappa shape index (κ1) is 32.1. The van der Waals surface area contributed by atoms with Gasteiger partial charge in [-0.25, -0.2) is 24.9 Å². The van der Waals surface area contributed by atoms with Gasteiger partial charge in [-0.05, 0) is 35.4 Å². The fourth-order valence-electron chi connectivity index (χ4n) is 7.52. The van der Waals surface area contributed by atoms with Crippen LogP contribution in [0.4, 0.5) is 0 Å². The van der Waals surface area contributed by atoms with Crippen molar-refractivity contribution in [3.8, 4) is 67.9 Å². The number of hydrogen-bond donors (Lipinski definition) is 0. The molecule has 0 aliphatic carbocycles. The third kappa shape index (κ3) is 5.44. The molecule has 0 radical (unpaired) electrons. The molecule has 4 aromatic heterocycles. The SMILES string of the molecule is c1ccc(-c2cccc(-c3nc(-c4ccccc4)nc(-c4cccc5oc6c(-c7nc(-c8ccccc8)nc8c7sc7ccccc78)cccc6c45)n3)c2)cc1. The molecule has 4 heterocycles. The molecule has 11 aromatic rings. The van der Waals surface area contributed by atoms with Crippen LogP contribution in [0.15, 0.2) is 180 Å². The zero-order valence-electron chi connectivity index (χ0n) is 29.8. The van der Waals surface area contributed by atoms with Crippen molar-refractivity contribution in [1.82, 2.24) is 24.9 Å². The minimum absolute atomic E-state index is 0.568. The third-order valence-electron chi connectivity index (χ3n) is 10.2. The second-order valence-corrected chi connectivity index (χ2v) is 14.7. The number of hydrogen-bond acceptors (Lipinski definition) is 7. The molecule has 7 aromatic carbocycles. The van der Waals surface area contributed by atoms with E-state index in [4.69, 9.17) is 29.3 Å². The van der Waals surface area contributed by atoms with E-state index in [1.807, 2.05) is 66.7 Å².